The minimum absolute atomic E-state index is 0.0434. The highest BCUT2D eigenvalue weighted by atomic mass is 16.3. The van der Waals surface area contributed by atoms with Crippen molar-refractivity contribution in [1.29, 1.82) is 0 Å². The zero-order valence-electron chi connectivity index (χ0n) is 12.6. The zero-order chi connectivity index (χ0) is 15.8. The highest BCUT2D eigenvalue weighted by Crippen LogP contribution is 2.29. The molecular weight excluding hydrogens is 294 g/mol. The number of aromatic nitrogens is 4. The van der Waals surface area contributed by atoms with E-state index in [0.29, 0.717) is 24.6 Å². The Balaban J connectivity index is 1.80. The summed E-state index contributed by atoms with van der Waals surface area (Å²) in [6, 6.07) is 9.54. The van der Waals surface area contributed by atoms with Crippen molar-refractivity contribution < 1.29 is 9.21 Å². The van der Waals surface area contributed by atoms with Crippen molar-refractivity contribution in [3.63, 3.8) is 0 Å². The molecule has 1 aromatic carbocycles. The number of oxazole rings is 1. The van der Waals surface area contributed by atoms with Gasteiger partial charge in [-0.25, -0.2) is 4.98 Å². The molecule has 1 aliphatic heterocycles. The lowest BCUT2D eigenvalue weighted by atomic mass is 10.0. The van der Waals surface area contributed by atoms with Crippen LogP contribution in [-0.2, 0) is 17.8 Å². The van der Waals surface area contributed by atoms with Crippen molar-refractivity contribution in [2.24, 2.45) is 0 Å². The molecule has 1 amide bonds. The van der Waals surface area contributed by atoms with Crippen molar-refractivity contribution in [2.45, 2.75) is 19.0 Å². The molecule has 1 aliphatic rings. The van der Waals surface area contributed by atoms with E-state index in [2.05, 4.69) is 15.2 Å². The Morgan fingerprint density at radius 2 is 2.09 bits per heavy atom. The predicted octanol–water partition coefficient (Wildman–Crippen LogP) is 1.69. The number of likely N-dealkylation sites (N-methyl/N-ethyl adjacent to an activating group) is 1. The number of nitrogens with zero attached hydrogens (tertiary/aromatic N) is 5. The molecule has 0 N–H and O–H groups in total. The molecule has 3 aromatic rings. The first kappa shape index (κ1) is 13.7. The Hall–Kier alpha value is -2.96. The minimum Gasteiger partial charge on any atom is -0.440 e. The summed E-state index contributed by atoms with van der Waals surface area (Å²) in [5.41, 5.74) is 1.09. The fourth-order valence-corrected chi connectivity index (χ4v) is 2.92. The van der Waals surface area contributed by atoms with Gasteiger partial charge < -0.3 is 9.32 Å². The third-order valence-corrected chi connectivity index (χ3v) is 4.04. The lowest BCUT2D eigenvalue weighted by molar-refractivity contribution is -0.135. The number of rotatable bonds is 3. The topological polar surface area (TPSA) is 77.1 Å². The van der Waals surface area contributed by atoms with Crippen LogP contribution in [0.25, 0.3) is 11.6 Å². The molecule has 1 atom stereocenters. The molecule has 0 unspecified atom stereocenters. The van der Waals surface area contributed by atoms with E-state index in [-0.39, 0.29) is 11.9 Å². The minimum atomic E-state index is -0.388. The van der Waals surface area contributed by atoms with Crippen LogP contribution in [0.3, 0.4) is 0 Å². The molecule has 7 heteroatoms. The highest BCUT2D eigenvalue weighted by Gasteiger charge is 2.35. The molecule has 23 heavy (non-hydrogen) atoms. The van der Waals surface area contributed by atoms with Gasteiger partial charge in [0, 0.05) is 13.5 Å². The molecule has 0 fully saturated rings. The Morgan fingerprint density at radius 3 is 2.83 bits per heavy atom. The molecule has 3 heterocycles. The van der Waals surface area contributed by atoms with Crippen LogP contribution in [0.1, 0.15) is 17.4 Å². The van der Waals surface area contributed by atoms with Gasteiger partial charge in [-0.15, -0.1) is 10.2 Å². The van der Waals surface area contributed by atoms with Gasteiger partial charge in [0.1, 0.15) is 6.04 Å². The van der Waals surface area contributed by atoms with Crippen LogP contribution in [-0.4, -0.2) is 37.6 Å². The summed E-state index contributed by atoms with van der Waals surface area (Å²) in [6.07, 6.45) is 3.51. The molecule has 7 nitrogen and oxygen atoms in total. The van der Waals surface area contributed by atoms with Gasteiger partial charge in [-0.1, -0.05) is 30.3 Å². The maximum atomic E-state index is 12.7. The molecule has 0 radical (unpaired) electrons. The second-order valence-electron chi connectivity index (χ2n) is 5.58. The molecule has 0 bridgehead atoms. The molecule has 116 valence electrons. The molecule has 0 spiro atoms. The van der Waals surface area contributed by atoms with Crippen LogP contribution in [0.5, 0.6) is 0 Å². The molecule has 0 saturated heterocycles. The lowest BCUT2D eigenvalue weighted by Gasteiger charge is -2.31. The van der Waals surface area contributed by atoms with E-state index in [0.717, 1.165) is 11.4 Å². The number of hydrogen-bond donors (Lipinski definition) is 0. The van der Waals surface area contributed by atoms with Crippen molar-refractivity contribution in [1.82, 2.24) is 24.6 Å². The summed E-state index contributed by atoms with van der Waals surface area (Å²) in [5, 5.41) is 8.42. The van der Waals surface area contributed by atoms with Gasteiger partial charge in [-0.2, -0.15) is 0 Å². The fraction of sp³-hybridized carbons (Fsp3) is 0.250. The summed E-state index contributed by atoms with van der Waals surface area (Å²) in [7, 11) is 1.78. The Morgan fingerprint density at radius 1 is 1.26 bits per heavy atom. The standard InChI is InChI=1S/C16H15N5O2/c1-20-9-14-18-19-15(13-8-17-10-23-13)21(14)12(16(20)22)7-11-5-3-2-4-6-11/h2-6,8,10,12H,7,9H2,1H3/t12-/m0/s1. The SMILES string of the molecule is CN1Cc2nnc(-c3cnco3)n2[C@@H](Cc2ccccc2)C1=O. The van der Waals surface area contributed by atoms with E-state index in [1.165, 1.54) is 6.39 Å². The van der Waals surface area contributed by atoms with Gasteiger partial charge in [0.2, 0.25) is 11.7 Å². The second-order valence-corrected chi connectivity index (χ2v) is 5.58. The Labute approximate surface area is 132 Å². The molecule has 4 rings (SSSR count). The average molecular weight is 309 g/mol. The Kier molecular flexibility index (Phi) is 3.18. The number of hydrogen-bond acceptors (Lipinski definition) is 5. The average Bonchev–Trinajstić information content (AvgIpc) is 3.21. The van der Waals surface area contributed by atoms with E-state index in [4.69, 9.17) is 4.42 Å². The van der Waals surface area contributed by atoms with Crippen molar-refractivity contribution in [2.75, 3.05) is 7.05 Å². The van der Waals surface area contributed by atoms with Crippen LogP contribution in [0.4, 0.5) is 0 Å². The van der Waals surface area contributed by atoms with Gasteiger partial charge >= 0.3 is 0 Å². The molecule has 2 aromatic heterocycles. The quantitative estimate of drug-likeness (QED) is 0.736. The number of carbonyl (C=O) groups excluding carboxylic acids is 1. The van der Waals surface area contributed by atoms with E-state index in [1.54, 1.807) is 18.1 Å². The van der Waals surface area contributed by atoms with E-state index in [9.17, 15) is 4.79 Å². The number of benzene rings is 1. The lowest BCUT2D eigenvalue weighted by Crippen LogP contribution is -2.41. The smallest absolute Gasteiger partial charge is 0.246 e. The highest BCUT2D eigenvalue weighted by molar-refractivity contribution is 5.82. The number of amides is 1. The zero-order valence-corrected chi connectivity index (χ0v) is 12.6. The number of carbonyl (C=O) groups is 1. The summed E-state index contributed by atoms with van der Waals surface area (Å²) in [5.74, 6) is 1.85. The van der Waals surface area contributed by atoms with E-state index in [1.807, 2.05) is 34.9 Å². The van der Waals surface area contributed by atoms with Gasteiger partial charge in [0.15, 0.2) is 18.0 Å². The second kappa shape index (κ2) is 5.35. The maximum absolute atomic E-state index is 12.7. The van der Waals surface area contributed by atoms with Gasteiger partial charge in [-0.05, 0) is 5.56 Å². The maximum Gasteiger partial charge on any atom is 0.246 e. The van der Waals surface area contributed by atoms with Crippen LogP contribution in [0.15, 0.2) is 47.3 Å². The summed E-state index contributed by atoms with van der Waals surface area (Å²) < 4.78 is 7.22. The third-order valence-electron chi connectivity index (χ3n) is 4.04. The first-order valence-electron chi connectivity index (χ1n) is 7.35. The molecule has 0 aliphatic carbocycles. The largest absolute Gasteiger partial charge is 0.440 e. The monoisotopic (exact) mass is 309 g/mol. The Bertz CT molecular complexity index is 826. The van der Waals surface area contributed by atoms with Gasteiger partial charge in [-0.3, -0.25) is 9.36 Å². The summed E-state index contributed by atoms with van der Waals surface area (Å²) in [4.78, 5) is 18.3. The summed E-state index contributed by atoms with van der Waals surface area (Å²) in [6.45, 7) is 0.436. The fourth-order valence-electron chi connectivity index (χ4n) is 2.92. The van der Waals surface area contributed by atoms with Crippen LogP contribution < -0.4 is 0 Å². The van der Waals surface area contributed by atoms with Crippen LogP contribution in [0, 0.1) is 0 Å². The number of fused-ring (bicyclic) bond motifs is 1. The van der Waals surface area contributed by atoms with Crippen molar-refractivity contribution in [3.8, 4) is 11.6 Å². The van der Waals surface area contributed by atoms with E-state index >= 15 is 0 Å². The third kappa shape index (κ3) is 2.30. The first-order chi connectivity index (χ1) is 11.2. The first-order valence-corrected chi connectivity index (χ1v) is 7.35. The normalized spacial score (nSPS) is 17.3. The predicted molar refractivity (Wildman–Crippen MR) is 81.2 cm³/mol. The van der Waals surface area contributed by atoms with Crippen LogP contribution in [0.2, 0.25) is 0 Å². The summed E-state index contributed by atoms with van der Waals surface area (Å²) >= 11 is 0. The van der Waals surface area contributed by atoms with Gasteiger partial charge in [0.05, 0.1) is 12.7 Å². The van der Waals surface area contributed by atoms with Crippen molar-refractivity contribution >= 4 is 5.91 Å². The van der Waals surface area contributed by atoms with Gasteiger partial charge in [0.25, 0.3) is 0 Å². The molecule has 0 saturated carbocycles. The molecular formula is C16H15N5O2. The van der Waals surface area contributed by atoms with Crippen molar-refractivity contribution in [3.05, 3.63) is 54.3 Å². The van der Waals surface area contributed by atoms with Crippen LogP contribution >= 0.6 is 0 Å². The van der Waals surface area contributed by atoms with E-state index < -0.39 is 0 Å².